The van der Waals surface area contributed by atoms with Crippen molar-refractivity contribution in [2.24, 2.45) is 10.9 Å². The van der Waals surface area contributed by atoms with Gasteiger partial charge in [-0.1, -0.05) is 5.16 Å². The van der Waals surface area contributed by atoms with Gasteiger partial charge in [-0.2, -0.15) is 11.8 Å². The molecule has 1 saturated heterocycles. The minimum atomic E-state index is -3.64. The molecule has 0 aliphatic carbocycles. The number of oxime groups is 1. The van der Waals surface area contributed by atoms with E-state index in [9.17, 15) is 32.7 Å². The SMILES string of the molecule is NCCSCCS(=O)(=O)CC1=C(C(=O)O)N2C(=O)C(NC(=O)/C(=N\OCC(=O)O)c3csc(N)n3)[C@H]2SC1. The maximum Gasteiger partial charge on any atom is 0.352 e. The third-order valence-electron chi connectivity index (χ3n) is 5.05. The Kier molecular flexibility index (Phi) is 9.99. The highest BCUT2D eigenvalue weighted by Crippen LogP contribution is 2.40. The summed E-state index contributed by atoms with van der Waals surface area (Å²) in [5.41, 5.74) is 10.2. The molecule has 1 unspecified atom stereocenters. The number of nitrogens with zero attached hydrogens (tertiary/aromatic N) is 3. The monoisotopic (exact) mass is 608 g/mol. The summed E-state index contributed by atoms with van der Waals surface area (Å²) in [4.78, 5) is 58.1. The van der Waals surface area contributed by atoms with E-state index in [1.165, 1.54) is 17.1 Å². The zero-order valence-corrected chi connectivity index (χ0v) is 22.8. The number of nitrogens with two attached hydrogens (primary N) is 2. The fourth-order valence-corrected chi connectivity index (χ4v) is 8.26. The minimum Gasteiger partial charge on any atom is -0.479 e. The van der Waals surface area contributed by atoms with Crippen LogP contribution in [0.25, 0.3) is 0 Å². The molecule has 19 heteroatoms. The molecule has 38 heavy (non-hydrogen) atoms. The fourth-order valence-electron chi connectivity index (χ4n) is 3.47. The highest BCUT2D eigenvalue weighted by molar-refractivity contribution is 8.01. The Labute approximate surface area is 228 Å². The van der Waals surface area contributed by atoms with Gasteiger partial charge in [0, 0.05) is 29.2 Å². The first kappa shape index (κ1) is 29.7. The van der Waals surface area contributed by atoms with Gasteiger partial charge in [-0.15, -0.1) is 23.1 Å². The van der Waals surface area contributed by atoms with E-state index in [-0.39, 0.29) is 27.9 Å². The van der Waals surface area contributed by atoms with Crippen LogP contribution in [-0.4, -0.2) is 111 Å². The predicted octanol–water partition coefficient (Wildman–Crippen LogP) is -1.62. The first-order chi connectivity index (χ1) is 17.9. The van der Waals surface area contributed by atoms with Crippen molar-refractivity contribution in [3.63, 3.8) is 0 Å². The number of carboxylic acid groups (broad SMARTS) is 2. The molecule has 0 bridgehead atoms. The number of aromatic nitrogens is 1. The number of hydrogen-bond acceptors (Lipinski definition) is 14. The van der Waals surface area contributed by atoms with Gasteiger partial charge in [-0.05, 0) is 5.57 Å². The van der Waals surface area contributed by atoms with Crippen molar-refractivity contribution < 1.29 is 42.6 Å². The van der Waals surface area contributed by atoms with Gasteiger partial charge >= 0.3 is 11.9 Å². The molecule has 1 aromatic heterocycles. The van der Waals surface area contributed by atoms with E-state index in [4.69, 9.17) is 16.6 Å². The Hall–Kier alpha value is -2.87. The van der Waals surface area contributed by atoms with Crippen LogP contribution in [0.4, 0.5) is 5.13 Å². The average Bonchev–Trinajstić information content (AvgIpc) is 3.27. The Morgan fingerprint density at radius 1 is 1.32 bits per heavy atom. The van der Waals surface area contributed by atoms with Crippen LogP contribution in [0, 0.1) is 0 Å². The summed E-state index contributed by atoms with van der Waals surface area (Å²) in [6.45, 7) is -0.429. The van der Waals surface area contributed by atoms with Gasteiger partial charge in [0.05, 0.1) is 11.5 Å². The van der Waals surface area contributed by atoms with Crippen LogP contribution in [0.3, 0.4) is 0 Å². The number of carbonyl (C=O) groups excluding carboxylic acids is 2. The van der Waals surface area contributed by atoms with Crippen LogP contribution in [0.1, 0.15) is 5.69 Å². The van der Waals surface area contributed by atoms with Crippen molar-refractivity contribution in [1.82, 2.24) is 15.2 Å². The number of aliphatic carboxylic acids is 2. The largest absolute Gasteiger partial charge is 0.479 e. The van der Waals surface area contributed by atoms with Crippen molar-refractivity contribution >= 4 is 79.3 Å². The summed E-state index contributed by atoms with van der Waals surface area (Å²) in [7, 11) is -3.64. The van der Waals surface area contributed by atoms with Crippen molar-refractivity contribution in [1.29, 1.82) is 0 Å². The first-order valence-corrected chi connectivity index (χ1v) is 15.7. The summed E-state index contributed by atoms with van der Waals surface area (Å²) >= 11 is 3.46. The van der Waals surface area contributed by atoms with Crippen molar-refractivity contribution in [2.75, 3.05) is 47.6 Å². The second kappa shape index (κ2) is 12.8. The number of amides is 2. The lowest BCUT2D eigenvalue weighted by Gasteiger charge is -2.49. The minimum absolute atomic E-state index is 0.0152. The predicted molar refractivity (Wildman–Crippen MR) is 141 cm³/mol. The number of rotatable bonds is 14. The van der Waals surface area contributed by atoms with E-state index in [2.05, 4.69) is 20.3 Å². The molecule has 2 amide bonds. The van der Waals surface area contributed by atoms with Crippen LogP contribution in [0.15, 0.2) is 21.8 Å². The maximum absolute atomic E-state index is 12.9. The second-order valence-corrected chi connectivity index (χ2v) is 13.2. The van der Waals surface area contributed by atoms with Crippen LogP contribution < -0.4 is 16.8 Å². The molecule has 1 fully saturated rings. The second-order valence-electron chi connectivity index (χ2n) is 7.79. The number of fused-ring (bicyclic) bond motifs is 1. The molecule has 2 aliphatic rings. The number of β-lactam (4-membered cyclic amide) rings is 1. The number of hydrogen-bond donors (Lipinski definition) is 5. The lowest BCUT2D eigenvalue weighted by molar-refractivity contribution is -0.150. The van der Waals surface area contributed by atoms with Crippen molar-refractivity contribution in [3.8, 4) is 0 Å². The fraction of sp³-hybridized carbons (Fsp3) is 0.474. The van der Waals surface area contributed by atoms with Crippen LogP contribution in [0.5, 0.6) is 0 Å². The molecular formula is C19H24N6O9S4. The Bertz CT molecular complexity index is 1280. The molecule has 208 valence electrons. The normalized spacial score (nSPS) is 19.6. The highest BCUT2D eigenvalue weighted by atomic mass is 32.2. The van der Waals surface area contributed by atoms with E-state index in [0.717, 1.165) is 28.0 Å². The smallest absolute Gasteiger partial charge is 0.352 e. The van der Waals surface area contributed by atoms with Gasteiger partial charge in [0.25, 0.3) is 11.8 Å². The zero-order valence-electron chi connectivity index (χ0n) is 19.6. The number of carbonyl (C=O) groups is 4. The van der Waals surface area contributed by atoms with E-state index >= 15 is 0 Å². The zero-order chi connectivity index (χ0) is 28.0. The quantitative estimate of drug-likeness (QED) is 0.0689. The number of nitrogen functional groups attached to an aromatic ring is 1. The molecule has 15 nitrogen and oxygen atoms in total. The first-order valence-electron chi connectivity index (χ1n) is 10.8. The number of thiazole rings is 1. The van der Waals surface area contributed by atoms with Crippen molar-refractivity contribution in [3.05, 3.63) is 22.3 Å². The third kappa shape index (κ3) is 7.16. The van der Waals surface area contributed by atoms with Gasteiger partial charge in [0.1, 0.15) is 22.8 Å². The topological polar surface area (TPSA) is 245 Å². The molecule has 2 aliphatic heterocycles. The summed E-state index contributed by atoms with van der Waals surface area (Å²) < 4.78 is 25.1. The standard InChI is InChI=1S/C19H24N6O9S4/c20-1-2-35-3-4-38(32,33)8-9-6-36-17-13(16(29)25(17)14(9)18(30)31)23-15(28)12(24-34-5-11(26)27)10-7-37-19(21)22-10/h7,13,17H,1-6,8,20H2,(H2,21,22)(H,23,28)(H,26,27)(H,30,31)/b24-12-/t13?,17-/m1/s1. The van der Waals surface area contributed by atoms with Crippen LogP contribution in [0.2, 0.25) is 0 Å². The molecular weight excluding hydrogens is 585 g/mol. The summed E-state index contributed by atoms with van der Waals surface area (Å²) in [6.07, 6.45) is 0. The lowest BCUT2D eigenvalue weighted by Crippen LogP contribution is -2.71. The molecule has 7 N–H and O–H groups in total. The highest BCUT2D eigenvalue weighted by Gasteiger charge is 2.54. The third-order valence-corrected chi connectivity index (χ3v) is 9.96. The lowest BCUT2D eigenvalue weighted by atomic mass is 10.0. The van der Waals surface area contributed by atoms with Gasteiger partial charge < -0.3 is 31.8 Å². The van der Waals surface area contributed by atoms with Gasteiger partial charge in [-0.25, -0.2) is 23.0 Å². The molecule has 0 spiro atoms. The molecule has 0 saturated carbocycles. The molecule has 2 atom stereocenters. The average molecular weight is 609 g/mol. The molecule has 3 rings (SSSR count). The molecule has 3 heterocycles. The number of sulfone groups is 1. The maximum atomic E-state index is 12.9. The number of anilines is 1. The van der Waals surface area contributed by atoms with Gasteiger partial charge in [-0.3, -0.25) is 14.5 Å². The molecule has 0 radical (unpaired) electrons. The number of carboxylic acids is 2. The van der Waals surface area contributed by atoms with Gasteiger partial charge in [0.2, 0.25) is 6.61 Å². The van der Waals surface area contributed by atoms with E-state index in [1.807, 2.05) is 0 Å². The Morgan fingerprint density at radius 3 is 2.66 bits per heavy atom. The number of nitrogens with one attached hydrogen (secondary N) is 1. The summed E-state index contributed by atoms with van der Waals surface area (Å²) in [5, 5.41) is 25.2. The summed E-state index contributed by atoms with van der Waals surface area (Å²) in [5.74, 6) is -4.24. The number of thioether (sulfide) groups is 2. The van der Waals surface area contributed by atoms with Crippen LogP contribution >= 0.6 is 34.9 Å². The Morgan fingerprint density at radius 2 is 2.05 bits per heavy atom. The van der Waals surface area contributed by atoms with Gasteiger partial charge in [0.15, 0.2) is 20.7 Å². The van der Waals surface area contributed by atoms with E-state index in [1.54, 1.807) is 0 Å². The Balaban J connectivity index is 1.75. The van der Waals surface area contributed by atoms with E-state index in [0.29, 0.717) is 18.1 Å². The summed E-state index contributed by atoms with van der Waals surface area (Å²) in [6, 6.07) is -1.16. The van der Waals surface area contributed by atoms with Crippen molar-refractivity contribution in [2.45, 2.75) is 11.4 Å². The molecule has 1 aromatic rings. The van der Waals surface area contributed by atoms with E-state index < -0.39 is 68.8 Å². The molecule has 0 aromatic carbocycles. The van der Waals surface area contributed by atoms with Crippen LogP contribution in [-0.2, 0) is 33.9 Å².